The minimum absolute atomic E-state index is 0.0357. The Morgan fingerprint density at radius 3 is 1.97 bits per heavy atom. The number of halogens is 1. The van der Waals surface area contributed by atoms with Gasteiger partial charge in [-0.25, -0.2) is 8.42 Å². The van der Waals surface area contributed by atoms with Crippen molar-refractivity contribution in [1.29, 1.82) is 0 Å². The molecule has 0 aromatic heterocycles. The lowest BCUT2D eigenvalue weighted by Crippen LogP contribution is -2.28. The first-order valence-electron chi connectivity index (χ1n) is 9.98. The summed E-state index contributed by atoms with van der Waals surface area (Å²) in [5.74, 6) is 0.943. The molecule has 0 fully saturated rings. The van der Waals surface area contributed by atoms with Gasteiger partial charge in [0, 0.05) is 20.6 Å². The van der Waals surface area contributed by atoms with Crippen molar-refractivity contribution in [3.63, 3.8) is 0 Å². The zero-order valence-electron chi connectivity index (χ0n) is 18.8. The van der Waals surface area contributed by atoms with Crippen LogP contribution in [0, 0.1) is 0 Å². The molecule has 3 aromatic rings. The number of hydrogen-bond donors (Lipinski definition) is 0. The lowest BCUT2D eigenvalue weighted by atomic mass is 10.1. The van der Waals surface area contributed by atoms with E-state index in [1.54, 1.807) is 38.4 Å². The minimum Gasteiger partial charge on any atom is -0.497 e. The average molecular weight is 489 g/mol. The Kier molecular flexibility index (Phi) is 7.50. The third-order valence-corrected chi connectivity index (χ3v) is 7.30. The fourth-order valence-corrected chi connectivity index (χ4v) is 4.62. The van der Waals surface area contributed by atoms with E-state index in [0.29, 0.717) is 18.0 Å². The third-order valence-electron chi connectivity index (χ3n) is 5.19. The SMILES string of the molecule is COc1ccc(CN(C)C(=O)c2cc(S(=O)(=O)N(C)c3ccc(OC)cc3)ccc2Cl)cc1. The van der Waals surface area contributed by atoms with E-state index in [4.69, 9.17) is 21.1 Å². The number of anilines is 1. The smallest absolute Gasteiger partial charge is 0.264 e. The summed E-state index contributed by atoms with van der Waals surface area (Å²) < 4.78 is 37.8. The summed E-state index contributed by atoms with van der Waals surface area (Å²) in [6.45, 7) is 0.321. The van der Waals surface area contributed by atoms with Gasteiger partial charge in [0.1, 0.15) is 11.5 Å². The molecule has 0 saturated heterocycles. The molecule has 0 saturated carbocycles. The third kappa shape index (κ3) is 5.40. The van der Waals surface area contributed by atoms with Crippen LogP contribution in [0.2, 0.25) is 5.02 Å². The van der Waals surface area contributed by atoms with Gasteiger partial charge in [-0.05, 0) is 60.2 Å². The van der Waals surface area contributed by atoms with Gasteiger partial charge in [0.05, 0.1) is 35.4 Å². The molecule has 0 aliphatic rings. The largest absolute Gasteiger partial charge is 0.497 e. The van der Waals surface area contributed by atoms with Crippen molar-refractivity contribution in [3.8, 4) is 11.5 Å². The summed E-state index contributed by atoms with van der Waals surface area (Å²) in [5, 5.41) is 0.174. The van der Waals surface area contributed by atoms with E-state index in [9.17, 15) is 13.2 Å². The summed E-state index contributed by atoms with van der Waals surface area (Å²) in [6, 6.07) is 18.1. The summed E-state index contributed by atoms with van der Waals surface area (Å²) in [7, 11) is 2.27. The molecule has 0 aliphatic heterocycles. The Morgan fingerprint density at radius 1 is 0.879 bits per heavy atom. The number of carbonyl (C=O) groups excluding carboxylic acids is 1. The van der Waals surface area contributed by atoms with Gasteiger partial charge in [-0.3, -0.25) is 9.10 Å². The topological polar surface area (TPSA) is 76.2 Å². The number of sulfonamides is 1. The number of methoxy groups -OCH3 is 2. The Labute approximate surface area is 199 Å². The number of nitrogens with zero attached hydrogens (tertiary/aromatic N) is 2. The molecule has 33 heavy (non-hydrogen) atoms. The van der Waals surface area contributed by atoms with Crippen LogP contribution in [0.15, 0.2) is 71.6 Å². The highest BCUT2D eigenvalue weighted by molar-refractivity contribution is 7.92. The summed E-state index contributed by atoms with van der Waals surface area (Å²) in [4.78, 5) is 14.5. The van der Waals surface area contributed by atoms with Crippen molar-refractivity contribution in [2.75, 3.05) is 32.6 Å². The second-order valence-corrected chi connectivity index (χ2v) is 9.70. The highest BCUT2D eigenvalue weighted by Crippen LogP contribution is 2.28. The molecule has 0 radical (unpaired) electrons. The fourth-order valence-electron chi connectivity index (χ4n) is 3.20. The molecule has 1 amide bonds. The average Bonchev–Trinajstić information content (AvgIpc) is 2.83. The standard InChI is InChI=1S/C24H25ClN2O5S/c1-26(16-17-5-9-19(31-3)10-6-17)24(28)22-15-21(13-14-23(22)25)33(29,30)27(2)18-7-11-20(32-4)12-8-18/h5-15H,16H2,1-4H3. The van der Waals surface area contributed by atoms with Crippen LogP contribution in [0.1, 0.15) is 15.9 Å². The Bertz CT molecular complexity index is 1230. The van der Waals surface area contributed by atoms with Crippen molar-refractivity contribution in [3.05, 3.63) is 82.9 Å². The predicted molar refractivity (Wildman–Crippen MR) is 129 cm³/mol. The number of carbonyl (C=O) groups is 1. The van der Waals surface area contributed by atoms with E-state index >= 15 is 0 Å². The molecule has 0 heterocycles. The quantitative estimate of drug-likeness (QED) is 0.468. The maximum absolute atomic E-state index is 13.2. The van der Waals surface area contributed by atoms with Gasteiger partial charge >= 0.3 is 0 Å². The minimum atomic E-state index is -3.93. The van der Waals surface area contributed by atoms with Crippen LogP contribution >= 0.6 is 11.6 Å². The molecule has 0 N–H and O–H groups in total. The van der Waals surface area contributed by atoms with E-state index in [1.165, 1.54) is 37.3 Å². The summed E-state index contributed by atoms with van der Waals surface area (Å²) in [6.07, 6.45) is 0. The number of hydrogen-bond acceptors (Lipinski definition) is 5. The zero-order chi connectivity index (χ0) is 24.2. The van der Waals surface area contributed by atoms with E-state index in [0.717, 1.165) is 15.6 Å². The Hall–Kier alpha value is -3.23. The molecule has 0 spiro atoms. The van der Waals surface area contributed by atoms with Gasteiger partial charge in [0.2, 0.25) is 0 Å². The number of amides is 1. The highest BCUT2D eigenvalue weighted by atomic mass is 35.5. The lowest BCUT2D eigenvalue weighted by Gasteiger charge is -2.21. The van der Waals surface area contributed by atoms with Gasteiger partial charge in [0.15, 0.2) is 0 Å². The highest BCUT2D eigenvalue weighted by Gasteiger charge is 2.25. The molecule has 0 atom stereocenters. The molecule has 3 aromatic carbocycles. The first-order valence-corrected chi connectivity index (χ1v) is 11.8. The van der Waals surface area contributed by atoms with Crippen LogP contribution in [-0.2, 0) is 16.6 Å². The van der Waals surface area contributed by atoms with Crippen LogP contribution < -0.4 is 13.8 Å². The van der Waals surface area contributed by atoms with Crippen LogP contribution in [0.3, 0.4) is 0 Å². The van der Waals surface area contributed by atoms with Gasteiger partial charge in [0.25, 0.3) is 15.9 Å². The molecule has 174 valence electrons. The molecule has 0 unspecified atom stereocenters. The van der Waals surface area contributed by atoms with E-state index in [1.807, 2.05) is 24.3 Å². The van der Waals surface area contributed by atoms with Gasteiger partial charge in [-0.15, -0.1) is 0 Å². The molecule has 3 rings (SSSR count). The van der Waals surface area contributed by atoms with Gasteiger partial charge in [-0.2, -0.15) is 0 Å². The monoisotopic (exact) mass is 488 g/mol. The van der Waals surface area contributed by atoms with Crippen molar-refractivity contribution < 1.29 is 22.7 Å². The molecule has 7 nitrogen and oxygen atoms in total. The number of rotatable bonds is 8. The lowest BCUT2D eigenvalue weighted by molar-refractivity contribution is 0.0785. The number of ether oxygens (including phenoxy) is 2. The fraction of sp³-hybridized carbons (Fsp3) is 0.208. The van der Waals surface area contributed by atoms with Crippen molar-refractivity contribution in [2.24, 2.45) is 0 Å². The first kappa shape index (κ1) is 24.4. The van der Waals surface area contributed by atoms with Crippen LogP contribution in [0.25, 0.3) is 0 Å². The molecule has 9 heteroatoms. The Morgan fingerprint density at radius 2 is 1.42 bits per heavy atom. The zero-order valence-corrected chi connectivity index (χ0v) is 20.4. The summed E-state index contributed by atoms with van der Waals surface area (Å²) in [5.41, 5.74) is 1.46. The van der Waals surface area contributed by atoms with E-state index < -0.39 is 10.0 Å². The molecular weight excluding hydrogens is 464 g/mol. The van der Waals surface area contributed by atoms with Gasteiger partial charge < -0.3 is 14.4 Å². The van der Waals surface area contributed by atoms with Gasteiger partial charge in [-0.1, -0.05) is 23.7 Å². The van der Waals surface area contributed by atoms with Crippen LogP contribution in [0.4, 0.5) is 5.69 Å². The molecule has 0 aliphatic carbocycles. The van der Waals surface area contributed by atoms with Crippen molar-refractivity contribution >= 4 is 33.2 Å². The maximum Gasteiger partial charge on any atom is 0.264 e. The summed E-state index contributed by atoms with van der Waals surface area (Å²) >= 11 is 6.27. The van der Waals surface area contributed by atoms with Crippen molar-refractivity contribution in [2.45, 2.75) is 11.4 Å². The maximum atomic E-state index is 13.2. The van der Waals surface area contributed by atoms with Crippen LogP contribution in [-0.4, -0.2) is 47.5 Å². The predicted octanol–water partition coefficient (Wildman–Crippen LogP) is 4.45. The van der Waals surface area contributed by atoms with Crippen LogP contribution in [0.5, 0.6) is 11.5 Å². The molecule has 0 bridgehead atoms. The van der Waals surface area contributed by atoms with Crippen molar-refractivity contribution in [1.82, 2.24) is 4.90 Å². The first-order chi connectivity index (χ1) is 15.7. The Balaban J connectivity index is 1.85. The number of benzene rings is 3. The van der Waals surface area contributed by atoms with E-state index in [2.05, 4.69) is 0 Å². The second kappa shape index (κ2) is 10.1. The molecular formula is C24H25ClN2O5S. The van der Waals surface area contributed by atoms with E-state index in [-0.39, 0.29) is 21.4 Å². The normalized spacial score (nSPS) is 11.1. The second-order valence-electron chi connectivity index (χ2n) is 7.32.